The molecule has 3 N–H and O–H groups in total. The Labute approximate surface area is 270 Å². The zero-order valence-electron chi connectivity index (χ0n) is 21.9. The van der Waals surface area contributed by atoms with Crippen LogP contribution in [0.5, 0.6) is 0 Å². The number of thioether (sulfide) groups is 1. The lowest BCUT2D eigenvalue weighted by molar-refractivity contribution is -0.115. The van der Waals surface area contributed by atoms with E-state index < -0.39 is 33.3 Å². The predicted octanol–water partition coefficient (Wildman–Crippen LogP) is 9.88. The summed E-state index contributed by atoms with van der Waals surface area (Å²) >= 11 is 25.7. The number of carbonyl (C=O) groups excluding carboxylic acids is 2. The van der Waals surface area contributed by atoms with Gasteiger partial charge in [-0.3, -0.25) is 9.59 Å². The normalized spacial score (nSPS) is 11.6. The van der Waals surface area contributed by atoms with Gasteiger partial charge < -0.3 is 15.7 Å². The minimum Gasteiger partial charge on any atom is -0.478 e. The van der Waals surface area contributed by atoms with Crippen LogP contribution in [0.2, 0.25) is 20.1 Å². The van der Waals surface area contributed by atoms with E-state index in [1.54, 1.807) is 24.3 Å². The number of hydrogen-bond acceptors (Lipinski definition) is 4. The smallest absolute Gasteiger partial charge is 0.338 e. The van der Waals surface area contributed by atoms with Gasteiger partial charge in [0.05, 0.1) is 31.2 Å². The molecule has 11 heteroatoms. The molecule has 5 aromatic rings. The third-order valence-corrected chi connectivity index (χ3v) is 9.53. The van der Waals surface area contributed by atoms with Gasteiger partial charge in [0.15, 0.2) is 0 Å². The van der Waals surface area contributed by atoms with Crippen molar-refractivity contribution in [1.82, 2.24) is 0 Å². The second-order valence-electron chi connectivity index (χ2n) is 9.21. The van der Waals surface area contributed by atoms with Crippen LogP contribution in [0.25, 0.3) is 10.8 Å². The van der Waals surface area contributed by atoms with Crippen molar-refractivity contribution in [3.05, 3.63) is 134 Å². The van der Waals surface area contributed by atoms with Crippen LogP contribution in [0.15, 0.2) is 102 Å². The fourth-order valence-corrected chi connectivity index (χ4v) is 6.47. The number of fused-ring (bicyclic) bond motifs is 1. The number of aromatic carboxylic acids is 1. The Morgan fingerprint density at radius 2 is 1.26 bits per heavy atom. The third kappa shape index (κ3) is 6.61. The highest BCUT2D eigenvalue weighted by Gasteiger charge is 2.29. The Bertz CT molecular complexity index is 1860. The number of carbonyl (C=O) groups is 3. The lowest BCUT2D eigenvalue weighted by Gasteiger charge is -2.18. The highest BCUT2D eigenvalue weighted by molar-refractivity contribution is 8.00. The molecule has 0 saturated carbocycles. The number of rotatable bonds is 8. The maximum atomic E-state index is 13.6. The first-order chi connectivity index (χ1) is 20.7. The van der Waals surface area contributed by atoms with E-state index in [1.807, 2.05) is 72.8 Å². The zero-order valence-corrected chi connectivity index (χ0v) is 25.7. The van der Waals surface area contributed by atoms with Crippen LogP contribution in [-0.4, -0.2) is 22.9 Å². The van der Waals surface area contributed by atoms with Crippen LogP contribution in [0.1, 0.15) is 31.5 Å². The number of halogens is 4. The summed E-state index contributed by atoms with van der Waals surface area (Å²) in [5.74, 6) is -2.52. The summed E-state index contributed by atoms with van der Waals surface area (Å²) in [5.41, 5.74) is 0.898. The first-order valence-electron chi connectivity index (χ1n) is 12.7. The summed E-state index contributed by atoms with van der Waals surface area (Å²) in [7, 11) is 0. The Morgan fingerprint density at radius 3 is 1.93 bits per heavy atom. The molecule has 0 aromatic heterocycles. The first kappa shape index (κ1) is 30.7. The first-order valence-corrected chi connectivity index (χ1v) is 15.1. The van der Waals surface area contributed by atoms with E-state index in [0.29, 0.717) is 11.4 Å². The van der Waals surface area contributed by atoms with E-state index in [4.69, 9.17) is 46.4 Å². The summed E-state index contributed by atoms with van der Waals surface area (Å²) in [5, 5.41) is 15.5. The van der Waals surface area contributed by atoms with Crippen LogP contribution in [0.3, 0.4) is 0 Å². The molecule has 6 nitrogen and oxygen atoms in total. The van der Waals surface area contributed by atoms with Gasteiger partial charge in [0.25, 0.3) is 5.91 Å². The van der Waals surface area contributed by atoms with Crippen molar-refractivity contribution in [2.75, 3.05) is 10.6 Å². The standard InChI is InChI=1S/C32H20Cl4N2O4S/c33-25-23(24(32(41)42)26(34)28(36)27(25)35)30(39)37-19-13-15-20(16-14-19)43-29(18-8-2-1-3-9-18)31(40)38-22-12-6-10-17-7-4-5-11-21(17)22/h1-16,29H,(H,37,39)(H,38,40)(H,41,42). The van der Waals surface area contributed by atoms with Crippen LogP contribution in [0.4, 0.5) is 11.4 Å². The SMILES string of the molecule is O=C(O)c1c(Cl)c(Cl)c(Cl)c(Cl)c1C(=O)Nc1ccc(SC(C(=O)Nc2cccc3ccccc23)c2ccccc2)cc1. The molecule has 0 spiro atoms. The fourth-order valence-electron chi connectivity index (χ4n) is 4.43. The van der Waals surface area contributed by atoms with Gasteiger partial charge in [-0.25, -0.2) is 4.79 Å². The molecule has 1 unspecified atom stereocenters. The second kappa shape index (κ2) is 13.3. The Morgan fingerprint density at radius 1 is 0.651 bits per heavy atom. The molecule has 216 valence electrons. The molecule has 0 bridgehead atoms. The number of carboxylic acids is 1. The summed E-state index contributed by atoms with van der Waals surface area (Å²) in [6.07, 6.45) is 0. The molecular formula is C32H20Cl4N2O4S. The molecule has 5 aromatic carbocycles. The molecule has 0 radical (unpaired) electrons. The quantitative estimate of drug-likeness (QED) is 0.0868. The Kier molecular flexibility index (Phi) is 9.49. The van der Waals surface area contributed by atoms with Gasteiger partial charge in [-0.2, -0.15) is 0 Å². The van der Waals surface area contributed by atoms with Crippen molar-refractivity contribution < 1.29 is 19.5 Å². The largest absolute Gasteiger partial charge is 0.478 e. The van der Waals surface area contributed by atoms with Gasteiger partial charge in [-0.1, -0.05) is 113 Å². The van der Waals surface area contributed by atoms with Gasteiger partial charge in [-0.15, -0.1) is 11.8 Å². The van der Waals surface area contributed by atoms with Gasteiger partial charge in [0.2, 0.25) is 5.91 Å². The van der Waals surface area contributed by atoms with Crippen LogP contribution in [-0.2, 0) is 4.79 Å². The molecule has 0 fully saturated rings. The van der Waals surface area contributed by atoms with E-state index in [-0.39, 0.29) is 21.0 Å². The highest BCUT2D eigenvalue weighted by atomic mass is 35.5. The molecule has 0 saturated heterocycles. The van der Waals surface area contributed by atoms with Crippen molar-refractivity contribution in [2.45, 2.75) is 10.1 Å². The number of anilines is 2. The van der Waals surface area contributed by atoms with Crippen LogP contribution >= 0.6 is 58.2 Å². The average Bonchev–Trinajstić information content (AvgIpc) is 3.01. The molecule has 0 aliphatic carbocycles. The predicted molar refractivity (Wildman–Crippen MR) is 175 cm³/mol. The molecule has 1 atom stereocenters. The van der Waals surface area contributed by atoms with Crippen LogP contribution in [0, 0.1) is 0 Å². The van der Waals surface area contributed by atoms with Gasteiger partial charge in [0, 0.05) is 21.7 Å². The Balaban J connectivity index is 1.38. The molecule has 0 aliphatic rings. The summed E-state index contributed by atoms with van der Waals surface area (Å²) in [6.45, 7) is 0. The van der Waals surface area contributed by atoms with Gasteiger partial charge in [-0.05, 0) is 41.3 Å². The lowest BCUT2D eigenvalue weighted by atomic mass is 10.1. The van der Waals surface area contributed by atoms with Crippen molar-refractivity contribution in [3.8, 4) is 0 Å². The van der Waals surface area contributed by atoms with Crippen LogP contribution < -0.4 is 10.6 Å². The number of hydrogen-bond donors (Lipinski definition) is 3. The monoisotopic (exact) mass is 668 g/mol. The fraction of sp³-hybridized carbons (Fsp3) is 0.0312. The minimum atomic E-state index is -1.49. The second-order valence-corrected chi connectivity index (χ2v) is 11.9. The molecular weight excluding hydrogens is 650 g/mol. The van der Waals surface area contributed by atoms with Crippen molar-refractivity contribution in [3.63, 3.8) is 0 Å². The van der Waals surface area contributed by atoms with E-state index in [0.717, 1.165) is 21.2 Å². The number of carboxylic acid groups (broad SMARTS) is 1. The average molecular weight is 670 g/mol. The molecule has 43 heavy (non-hydrogen) atoms. The van der Waals surface area contributed by atoms with Gasteiger partial charge in [0.1, 0.15) is 5.25 Å². The number of benzene rings is 5. The van der Waals surface area contributed by atoms with Crippen molar-refractivity contribution in [2.24, 2.45) is 0 Å². The maximum Gasteiger partial charge on any atom is 0.338 e. The van der Waals surface area contributed by atoms with E-state index in [9.17, 15) is 19.5 Å². The van der Waals surface area contributed by atoms with E-state index in [1.165, 1.54) is 11.8 Å². The summed E-state index contributed by atoms with van der Waals surface area (Å²) < 4.78 is 0. The number of amides is 2. The molecule has 5 rings (SSSR count). The topological polar surface area (TPSA) is 95.5 Å². The molecule has 0 heterocycles. The van der Waals surface area contributed by atoms with Crippen molar-refractivity contribution in [1.29, 1.82) is 0 Å². The maximum absolute atomic E-state index is 13.6. The summed E-state index contributed by atoms with van der Waals surface area (Å²) in [6, 6.07) is 29.7. The minimum absolute atomic E-state index is 0.197. The molecule has 2 amide bonds. The number of nitrogens with one attached hydrogen (secondary N) is 2. The zero-order chi connectivity index (χ0) is 30.7. The molecule has 0 aliphatic heterocycles. The van der Waals surface area contributed by atoms with Crippen molar-refractivity contribution >= 4 is 98.1 Å². The van der Waals surface area contributed by atoms with Gasteiger partial charge >= 0.3 is 5.97 Å². The summed E-state index contributed by atoms with van der Waals surface area (Å²) in [4.78, 5) is 39.4. The Hall–Kier alpha value is -3.72. The third-order valence-electron chi connectivity index (χ3n) is 6.46. The van der Waals surface area contributed by atoms with E-state index >= 15 is 0 Å². The highest BCUT2D eigenvalue weighted by Crippen LogP contribution is 2.42. The lowest BCUT2D eigenvalue weighted by Crippen LogP contribution is -2.19. The van der Waals surface area contributed by atoms with E-state index in [2.05, 4.69) is 10.6 Å².